The maximum absolute atomic E-state index is 12.7. The van der Waals surface area contributed by atoms with Gasteiger partial charge in [-0.3, -0.25) is 9.59 Å². The lowest BCUT2D eigenvalue weighted by Gasteiger charge is -2.26. The van der Waals surface area contributed by atoms with E-state index in [0.717, 1.165) is 96.3 Å². The summed E-state index contributed by atoms with van der Waals surface area (Å²) in [5.41, 5.74) is 0. The molecule has 0 aromatic heterocycles. The normalized spacial score (nSPS) is 13.6. The zero-order valence-corrected chi connectivity index (χ0v) is 36.7. The first-order chi connectivity index (χ1) is 27.6. The van der Waals surface area contributed by atoms with E-state index in [4.69, 9.17) is 18.9 Å². The second-order valence-corrected chi connectivity index (χ2v) is 15.6. The Morgan fingerprint density at radius 1 is 0.526 bits per heavy atom. The molecule has 0 aliphatic carbocycles. The molecule has 2 unspecified atom stereocenters. The summed E-state index contributed by atoms with van der Waals surface area (Å²) in [5.74, 6) is -2.33. The molecule has 326 valence electrons. The van der Waals surface area contributed by atoms with Crippen LogP contribution in [0.1, 0.15) is 155 Å². The van der Waals surface area contributed by atoms with Crippen molar-refractivity contribution in [1.29, 1.82) is 0 Å². The lowest BCUT2D eigenvalue weighted by Crippen LogP contribution is -2.44. The second-order valence-electron chi connectivity index (χ2n) is 15.6. The van der Waals surface area contributed by atoms with E-state index in [1.165, 1.54) is 19.3 Å². The minimum Gasteiger partial charge on any atom is -0.545 e. The van der Waals surface area contributed by atoms with Gasteiger partial charge in [-0.15, -0.1) is 0 Å². The molecular formula is C48H81NO8. The lowest BCUT2D eigenvalue weighted by molar-refractivity contribution is -0.870. The number of hydrogen-bond acceptors (Lipinski definition) is 8. The van der Waals surface area contributed by atoms with Crippen molar-refractivity contribution in [3.63, 3.8) is 0 Å². The summed E-state index contributed by atoms with van der Waals surface area (Å²) in [6.07, 6.45) is 45.0. The fourth-order valence-corrected chi connectivity index (χ4v) is 5.56. The molecule has 0 saturated carbocycles. The van der Waals surface area contributed by atoms with Gasteiger partial charge in [0.2, 0.25) is 0 Å². The van der Waals surface area contributed by atoms with E-state index in [1.54, 1.807) is 0 Å². The highest BCUT2D eigenvalue weighted by Gasteiger charge is 2.21. The Balaban J connectivity index is 4.50. The number of aliphatic carboxylic acids is 1. The number of esters is 2. The van der Waals surface area contributed by atoms with Crippen LogP contribution in [0.15, 0.2) is 72.9 Å². The Morgan fingerprint density at radius 2 is 0.947 bits per heavy atom. The highest BCUT2D eigenvalue weighted by molar-refractivity contribution is 5.70. The molecule has 0 fully saturated rings. The maximum Gasteiger partial charge on any atom is 0.306 e. The van der Waals surface area contributed by atoms with Gasteiger partial charge in [-0.25, -0.2) is 0 Å². The van der Waals surface area contributed by atoms with Crippen LogP contribution in [-0.4, -0.2) is 82.3 Å². The number of unbranched alkanes of at least 4 members (excludes halogenated alkanes) is 12. The molecule has 0 radical (unpaired) electrons. The minimum atomic E-state index is -1.63. The summed E-state index contributed by atoms with van der Waals surface area (Å²) < 4.78 is 22.5. The van der Waals surface area contributed by atoms with Crippen LogP contribution in [0.2, 0.25) is 0 Å². The molecule has 0 N–H and O–H groups in total. The molecule has 0 aromatic carbocycles. The van der Waals surface area contributed by atoms with Crippen molar-refractivity contribution in [2.24, 2.45) is 0 Å². The standard InChI is InChI=1S/C48H81NO8/c1-6-8-10-12-14-16-18-20-22-23-25-27-29-31-33-35-37-39-46(51)57-44(43-56-48(47(52)53)54-41-40-49(3,4)5)42-55-45(50)38-36-34-32-30-28-26-24-21-19-17-15-13-11-9-7-2/h8-11,14-17,20-22,24,44,48H,6-7,12-13,18-19,23,25-43H2,1-5H3/b10-8-,11-9-,16-14-,17-15-,22-20-,24-21-. The van der Waals surface area contributed by atoms with Crippen molar-refractivity contribution in [2.75, 3.05) is 47.5 Å². The maximum atomic E-state index is 12.7. The van der Waals surface area contributed by atoms with Gasteiger partial charge in [0.05, 0.1) is 40.3 Å². The number of rotatable bonds is 39. The van der Waals surface area contributed by atoms with Gasteiger partial charge < -0.3 is 33.3 Å². The highest BCUT2D eigenvalue weighted by atomic mass is 16.7. The molecule has 0 saturated heterocycles. The molecule has 0 amide bonds. The van der Waals surface area contributed by atoms with Gasteiger partial charge in [0, 0.05) is 12.8 Å². The SMILES string of the molecule is CC/C=C\C/C=C\C/C=C\CCCCCCCCCC(=O)OC(COC(=O)CCCCCCC/C=C\C/C=C\C/C=C\CC)COC(OCC[N+](C)(C)C)C(=O)[O-]. The number of likely N-dealkylation sites (N-methyl/N-ethyl adjacent to an activating group) is 1. The zero-order chi connectivity index (χ0) is 42.1. The molecule has 0 aliphatic rings. The third kappa shape index (κ3) is 40.7. The van der Waals surface area contributed by atoms with Gasteiger partial charge in [-0.05, 0) is 77.0 Å². The minimum absolute atomic E-state index is 0.139. The summed E-state index contributed by atoms with van der Waals surface area (Å²) in [5, 5.41) is 11.7. The van der Waals surface area contributed by atoms with E-state index >= 15 is 0 Å². The number of hydrogen-bond donors (Lipinski definition) is 0. The summed E-state index contributed by atoms with van der Waals surface area (Å²) >= 11 is 0. The number of allylic oxidation sites excluding steroid dienone is 12. The van der Waals surface area contributed by atoms with Gasteiger partial charge in [0.15, 0.2) is 12.4 Å². The number of carbonyl (C=O) groups excluding carboxylic acids is 3. The van der Waals surface area contributed by atoms with Crippen molar-refractivity contribution in [3.8, 4) is 0 Å². The van der Waals surface area contributed by atoms with E-state index in [-0.39, 0.29) is 38.6 Å². The van der Waals surface area contributed by atoms with E-state index in [0.29, 0.717) is 23.9 Å². The molecule has 0 aromatic rings. The molecule has 9 heteroatoms. The third-order valence-corrected chi connectivity index (χ3v) is 8.95. The summed E-state index contributed by atoms with van der Waals surface area (Å²) in [7, 11) is 5.89. The summed E-state index contributed by atoms with van der Waals surface area (Å²) in [4.78, 5) is 37.0. The summed E-state index contributed by atoms with van der Waals surface area (Å²) in [6.45, 7) is 4.46. The first-order valence-electron chi connectivity index (χ1n) is 22.1. The molecule has 0 bridgehead atoms. The average Bonchev–Trinajstić information content (AvgIpc) is 3.17. The third-order valence-electron chi connectivity index (χ3n) is 8.95. The number of quaternary nitrogens is 1. The van der Waals surface area contributed by atoms with Gasteiger partial charge >= 0.3 is 11.9 Å². The van der Waals surface area contributed by atoms with Crippen LogP contribution in [0.25, 0.3) is 0 Å². The second kappa shape index (κ2) is 39.6. The summed E-state index contributed by atoms with van der Waals surface area (Å²) in [6, 6.07) is 0. The molecule has 57 heavy (non-hydrogen) atoms. The van der Waals surface area contributed by atoms with Crippen LogP contribution < -0.4 is 5.11 Å². The highest BCUT2D eigenvalue weighted by Crippen LogP contribution is 2.13. The first kappa shape index (κ1) is 53.7. The molecule has 0 aliphatic heterocycles. The Labute approximate surface area is 347 Å². The van der Waals surface area contributed by atoms with Gasteiger partial charge in [0.25, 0.3) is 0 Å². The quantitative estimate of drug-likeness (QED) is 0.0199. The Hall–Kier alpha value is -3.27. The molecule has 9 nitrogen and oxygen atoms in total. The predicted molar refractivity (Wildman–Crippen MR) is 232 cm³/mol. The Morgan fingerprint density at radius 3 is 1.40 bits per heavy atom. The van der Waals surface area contributed by atoms with Crippen molar-refractivity contribution in [1.82, 2.24) is 0 Å². The fraction of sp³-hybridized carbons (Fsp3) is 0.688. The predicted octanol–water partition coefficient (Wildman–Crippen LogP) is 10.2. The molecule has 0 heterocycles. The van der Waals surface area contributed by atoms with Crippen molar-refractivity contribution >= 4 is 17.9 Å². The van der Waals surface area contributed by atoms with Crippen molar-refractivity contribution < 1.29 is 42.9 Å². The molecule has 0 spiro atoms. The number of ether oxygens (including phenoxy) is 4. The Bertz CT molecular complexity index is 1160. The number of carbonyl (C=O) groups is 3. The number of carboxylic acids is 1. The Kier molecular flexibility index (Phi) is 37.3. The number of nitrogens with zero attached hydrogens (tertiary/aromatic N) is 1. The van der Waals surface area contributed by atoms with Crippen molar-refractivity contribution in [3.05, 3.63) is 72.9 Å². The van der Waals surface area contributed by atoms with E-state index < -0.39 is 24.3 Å². The molecule has 2 atom stereocenters. The molecular weight excluding hydrogens is 719 g/mol. The smallest absolute Gasteiger partial charge is 0.306 e. The van der Waals surface area contributed by atoms with Crippen LogP contribution in [0.3, 0.4) is 0 Å². The molecule has 0 rings (SSSR count). The van der Waals surface area contributed by atoms with Gasteiger partial charge in [0.1, 0.15) is 13.2 Å². The number of carboxylic acid groups (broad SMARTS) is 1. The topological polar surface area (TPSA) is 111 Å². The van der Waals surface area contributed by atoms with Gasteiger partial charge in [-0.2, -0.15) is 0 Å². The first-order valence-corrected chi connectivity index (χ1v) is 22.1. The zero-order valence-electron chi connectivity index (χ0n) is 36.7. The largest absolute Gasteiger partial charge is 0.545 e. The monoisotopic (exact) mass is 800 g/mol. The van der Waals surface area contributed by atoms with Crippen LogP contribution in [0.5, 0.6) is 0 Å². The van der Waals surface area contributed by atoms with Crippen LogP contribution >= 0.6 is 0 Å². The lowest BCUT2D eigenvalue weighted by atomic mass is 10.1. The van der Waals surface area contributed by atoms with Gasteiger partial charge in [-0.1, -0.05) is 138 Å². The van der Waals surface area contributed by atoms with Crippen LogP contribution in [0.4, 0.5) is 0 Å². The van der Waals surface area contributed by atoms with Crippen LogP contribution in [-0.2, 0) is 33.3 Å². The van der Waals surface area contributed by atoms with E-state index in [9.17, 15) is 19.5 Å². The fourth-order valence-electron chi connectivity index (χ4n) is 5.56. The van der Waals surface area contributed by atoms with E-state index in [1.807, 2.05) is 21.1 Å². The van der Waals surface area contributed by atoms with Crippen molar-refractivity contribution in [2.45, 2.75) is 167 Å². The van der Waals surface area contributed by atoms with Crippen LogP contribution in [0, 0.1) is 0 Å². The van der Waals surface area contributed by atoms with E-state index in [2.05, 4.69) is 86.8 Å². The average molecular weight is 800 g/mol.